The molecule has 2 aromatic carbocycles. The maximum Gasteiger partial charge on any atom is 0.146 e. The first-order valence-electron chi connectivity index (χ1n) is 5.02. The van der Waals surface area contributed by atoms with Crippen molar-refractivity contribution in [2.75, 3.05) is 5.32 Å². The molecule has 90 valence electrons. The molecule has 0 aliphatic carbocycles. The van der Waals surface area contributed by atoms with Crippen molar-refractivity contribution in [1.82, 2.24) is 0 Å². The Morgan fingerprint density at radius 2 is 1.89 bits per heavy atom. The Morgan fingerprint density at radius 3 is 2.56 bits per heavy atom. The lowest BCUT2D eigenvalue weighted by Gasteiger charge is -2.08. The van der Waals surface area contributed by atoms with Crippen LogP contribution in [0.15, 0.2) is 36.4 Å². The molecule has 2 aromatic rings. The third-order valence-corrected chi connectivity index (χ3v) is 2.84. The Bertz CT molecular complexity index is 635. The van der Waals surface area contributed by atoms with Gasteiger partial charge in [-0.1, -0.05) is 23.2 Å². The van der Waals surface area contributed by atoms with E-state index in [2.05, 4.69) is 5.32 Å². The number of nitriles is 1. The van der Waals surface area contributed by atoms with Gasteiger partial charge in [0, 0.05) is 10.7 Å². The van der Waals surface area contributed by atoms with Crippen LogP contribution in [0.3, 0.4) is 0 Å². The Hall–Kier alpha value is -1.76. The first-order chi connectivity index (χ1) is 8.60. The molecule has 0 spiro atoms. The summed E-state index contributed by atoms with van der Waals surface area (Å²) in [5, 5.41) is 12.3. The molecule has 0 radical (unpaired) electrons. The molecule has 0 heterocycles. The predicted molar refractivity (Wildman–Crippen MR) is 70.9 cm³/mol. The Balaban J connectivity index is 2.32. The van der Waals surface area contributed by atoms with Gasteiger partial charge in [0.25, 0.3) is 0 Å². The maximum atomic E-state index is 13.5. The monoisotopic (exact) mass is 280 g/mol. The highest BCUT2D eigenvalue weighted by molar-refractivity contribution is 6.32. The van der Waals surface area contributed by atoms with Gasteiger partial charge in [-0.3, -0.25) is 0 Å². The molecule has 2 nitrogen and oxygen atoms in total. The van der Waals surface area contributed by atoms with Crippen molar-refractivity contribution in [2.45, 2.75) is 0 Å². The molecule has 0 amide bonds. The van der Waals surface area contributed by atoms with Crippen LogP contribution in [0.25, 0.3) is 0 Å². The third-order valence-electron chi connectivity index (χ3n) is 2.30. The van der Waals surface area contributed by atoms with Crippen molar-refractivity contribution in [1.29, 1.82) is 5.26 Å². The lowest BCUT2D eigenvalue weighted by molar-refractivity contribution is 0.632. The minimum absolute atomic E-state index is 0.253. The van der Waals surface area contributed by atoms with Gasteiger partial charge < -0.3 is 5.32 Å². The molecular formula is C13H7Cl2FN2. The average molecular weight is 281 g/mol. The van der Waals surface area contributed by atoms with Crippen LogP contribution in [0.1, 0.15) is 5.56 Å². The van der Waals surface area contributed by atoms with Crippen LogP contribution in [0.5, 0.6) is 0 Å². The van der Waals surface area contributed by atoms with E-state index in [1.807, 2.05) is 6.07 Å². The van der Waals surface area contributed by atoms with Crippen LogP contribution in [0.2, 0.25) is 10.0 Å². The molecule has 0 aromatic heterocycles. The van der Waals surface area contributed by atoms with Gasteiger partial charge in [-0.25, -0.2) is 4.39 Å². The van der Waals surface area contributed by atoms with Gasteiger partial charge >= 0.3 is 0 Å². The summed E-state index contributed by atoms with van der Waals surface area (Å²) in [6.07, 6.45) is 0. The predicted octanol–water partition coefficient (Wildman–Crippen LogP) is 4.75. The van der Waals surface area contributed by atoms with Crippen molar-refractivity contribution in [3.63, 3.8) is 0 Å². The number of nitrogens with one attached hydrogen (secondary N) is 1. The highest BCUT2D eigenvalue weighted by Gasteiger charge is 2.05. The molecule has 2 rings (SSSR count). The molecule has 0 aliphatic rings. The topological polar surface area (TPSA) is 35.8 Å². The summed E-state index contributed by atoms with van der Waals surface area (Å²) >= 11 is 11.7. The molecule has 1 N–H and O–H groups in total. The standard InChI is InChI=1S/C13H7Cl2FN2/c14-9-2-4-12(16)13(5-9)18-10-3-1-8(7-17)11(15)6-10/h1-6,18H. The van der Waals surface area contributed by atoms with E-state index in [1.54, 1.807) is 18.2 Å². The summed E-state index contributed by atoms with van der Waals surface area (Å²) in [6, 6.07) is 10.9. The van der Waals surface area contributed by atoms with Crippen molar-refractivity contribution in [3.8, 4) is 6.07 Å². The fraction of sp³-hybridized carbons (Fsp3) is 0. The molecule has 0 aliphatic heterocycles. The molecule has 0 saturated carbocycles. The van der Waals surface area contributed by atoms with E-state index in [0.717, 1.165) is 0 Å². The van der Waals surface area contributed by atoms with Gasteiger partial charge in [0.05, 0.1) is 16.3 Å². The number of anilines is 2. The largest absolute Gasteiger partial charge is 0.353 e. The van der Waals surface area contributed by atoms with E-state index >= 15 is 0 Å². The second kappa shape index (κ2) is 5.26. The van der Waals surface area contributed by atoms with Crippen LogP contribution in [0, 0.1) is 17.1 Å². The van der Waals surface area contributed by atoms with E-state index in [9.17, 15) is 4.39 Å². The SMILES string of the molecule is N#Cc1ccc(Nc2cc(Cl)ccc2F)cc1Cl. The fourth-order valence-electron chi connectivity index (χ4n) is 1.43. The smallest absolute Gasteiger partial charge is 0.146 e. The van der Waals surface area contributed by atoms with Crippen LogP contribution < -0.4 is 5.32 Å². The highest BCUT2D eigenvalue weighted by Crippen LogP contribution is 2.26. The number of benzene rings is 2. The van der Waals surface area contributed by atoms with Crippen LogP contribution >= 0.6 is 23.2 Å². The number of hydrogen-bond acceptors (Lipinski definition) is 2. The van der Waals surface area contributed by atoms with E-state index in [4.69, 9.17) is 28.5 Å². The lowest BCUT2D eigenvalue weighted by Crippen LogP contribution is -1.94. The Labute approximate surface area is 114 Å². The first-order valence-corrected chi connectivity index (χ1v) is 5.77. The molecule has 0 bridgehead atoms. The quantitative estimate of drug-likeness (QED) is 0.862. The molecule has 0 saturated heterocycles. The van der Waals surface area contributed by atoms with Crippen molar-refractivity contribution >= 4 is 34.6 Å². The van der Waals surface area contributed by atoms with Gasteiger partial charge in [-0.05, 0) is 36.4 Å². The normalized spacial score (nSPS) is 9.89. The molecule has 0 atom stereocenters. The summed E-state index contributed by atoms with van der Waals surface area (Å²) in [5.74, 6) is -0.417. The lowest BCUT2D eigenvalue weighted by atomic mass is 10.2. The number of halogens is 3. The van der Waals surface area contributed by atoms with Gasteiger partial charge in [-0.2, -0.15) is 5.26 Å². The van der Waals surface area contributed by atoms with E-state index in [1.165, 1.54) is 18.2 Å². The maximum absolute atomic E-state index is 13.5. The Morgan fingerprint density at radius 1 is 1.11 bits per heavy atom. The third kappa shape index (κ3) is 2.73. The van der Waals surface area contributed by atoms with Crippen molar-refractivity contribution in [2.24, 2.45) is 0 Å². The summed E-state index contributed by atoms with van der Waals surface area (Å²) in [6.45, 7) is 0. The molecule has 0 unspecified atom stereocenters. The average Bonchev–Trinajstić information content (AvgIpc) is 2.34. The fourth-order valence-corrected chi connectivity index (χ4v) is 1.83. The van der Waals surface area contributed by atoms with E-state index in [0.29, 0.717) is 21.3 Å². The second-order valence-electron chi connectivity index (χ2n) is 3.56. The van der Waals surface area contributed by atoms with Gasteiger partial charge in [0.1, 0.15) is 11.9 Å². The van der Waals surface area contributed by atoms with Gasteiger partial charge in [-0.15, -0.1) is 0 Å². The summed E-state index contributed by atoms with van der Waals surface area (Å²) in [7, 11) is 0. The zero-order valence-corrected chi connectivity index (χ0v) is 10.6. The van der Waals surface area contributed by atoms with E-state index in [-0.39, 0.29) is 5.69 Å². The molecule has 18 heavy (non-hydrogen) atoms. The van der Waals surface area contributed by atoms with Crippen molar-refractivity contribution in [3.05, 3.63) is 57.8 Å². The molecular weight excluding hydrogens is 274 g/mol. The minimum Gasteiger partial charge on any atom is -0.353 e. The summed E-state index contributed by atoms with van der Waals surface area (Å²) in [4.78, 5) is 0. The summed E-state index contributed by atoms with van der Waals surface area (Å²) in [5.41, 5.74) is 1.21. The van der Waals surface area contributed by atoms with Crippen LogP contribution in [0.4, 0.5) is 15.8 Å². The molecule has 5 heteroatoms. The van der Waals surface area contributed by atoms with Crippen molar-refractivity contribution < 1.29 is 4.39 Å². The highest BCUT2D eigenvalue weighted by atomic mass is 35.5. The number of hydrogen-bond donors (Lipinski definition) is 1. The van der Waals surface area contributed by atoms with Gasteiger partial charge in [0.2, 0.25) is 0 Å². The Kier molecular flexibility index (Phi) is 3.71. The van der Waals surface area contributed by atoms with Crippen LogP contribution in [-0.2, 0) is 0 Å². The zero-order valence-electron chi connectivity index (χ0n) is 9.05. The number of nitrogens with zero attached hydrogens (tertiary/aromatic N) is 1. The zero-order chi connectivity index (χ0) is 13.1. The summed E-state index contributed by atoms with van der Waals surface area (Å²) < 4.78 is 13.5. The second-order valence-corrected chi connectivity index (χ2v) is 4.40. The molecule has 0 fully saturated rings. The van der Waals surface area contributed by atoms with Crippen LogP contribution in [-0.4, -0.2) is 0 Å². The first kappa shape index (κ1) is 12.7. The minimum atomic E-state index is -0.417. The van der Waals surface area contributed by atoms with Gasteiger partial charge in [0.15, 0.2) is 0 Å². The number of rotatable bonds is 2. The van der Waals surface area contributed by atoms with E-state index < -0.39 is 5.82 Å².